The third-order valence-corrected chi connectivity index (χ3v) is 10.2. The lowest BCUT2D eigenvalue weighted by molar-refractivity contribution is -0.795. The standard InChI is InChI=1S/C18H16F4N8O12S2/c19-27(20)18(28(21)22)9-10-23(43(39,40)15-5-1-13(2-6-15)25(31)32)11-17(29(35)36,30(37)38)12-24(18)44(41,42)16-7-3-14(4-8-16)26(33)34/h1-8H,9-12H2. The van der Waals surface area contributed by atoms with E-state index >= 15 is 0 Å². The van der Waals surface area contributed by atoms with Crippen molar-refractivity contribution in [1.29, 1.82) is 0 Å². The summed E-state index contributed by atoms with van der Waals surface area (Å²) >= 11 is 0. The van der Waals surface area contributed by atoms with Gasteiger partial charge in [-0.2, -0.15) is 4.31 Å². The number of sulfonamides is 2. The van der Waals surface area contributed by atoms with Gasteiger partial charge in [0.05, 0.1) is 30.3 Å². The van der Waals surface area contributed by atoms with Crippen LogP contribution in [-0.4, -0.2) is 86.9 Å². The minimum Gasteiger partial charge on any atom is -0.258 e. The molecule has 0 aliphatic carbocycles. The van der Waals surface area contributed by atoms with Crippen molar-refractivity contribution >= 4 is 31.4 Å². The van der Waals surface area contributed by atoms with Crippen LogP contribution in [-0.2, 0) is 20.0 Å². The summed E-state index contributed by atoms with van der Waals surface area (Å²) < 4.78 is 110. The third kappa shape index (κ3) is 5.71. The van der Waals surface area contributed by atoms with Crippen LogP contribution in [0.3, 0.4) is 0 Å². The van der Waals surface area contributed by atoms with E-state index in [0.29, 0.717) is 48.5 Å². The first-order valence-electron chi connectivity index (χ1n) is 11.3. The molecule has 0 saturated carbocycles. The molecule has 0 amide bonds. The number of halogens is 4. The average Bonchev–Trinajstić information content (AvgIpc) is 2.92. The van der Waals surface area contributed by atoms with Gasteiger partial charge in [-0.15, -0.1) is 4.31 Å². The number of rotatable bonds is 10. The van der Waals surface area contributed by atoms with Gasteiger partial charge in [0.25, 0.3) is 17.2 Å². The van der Waals surface area contributed by atoms with Crippen LogP contribution < -0.4 is 0 Å². The molecular formula is C18H16F4N8O12S2. The van der Waals surface area contributed by atoms with E-state index in [-0.39, 0.29) is 4.31 Å². The van der Waals surface area contributed by atoms with Crippen LogP contribution in [0.2, 0.25) is 0 Å². The van der Waals surface area contributed by atoms with E-state index in [1.165, 1.54) is 0 Å². The Morgan fingerprint density at radius 2 is 1.05 bits per heavy atom. The van der Waals surface area contributed by atoms with Gasteiger partial charge in [0.1, 0.15) is 9.85 Å². The molecule has 240 valence electrons. The van der Waals surface area contributed by atoms with Crippen molar-refractivity contribution in [3.8, 4) is 0 Å². The van der Waals surface area contributed by atoms with Crippen LogP contribution in [0.5, 0.6) is 0 Å². The molecule has 20 nitrogen and oxygen atoms in total. The fourth-order valence-electron chi connectivity index (χ4n) is 4.10. The highest BCUT2D eigenvalue weighted by molar-refractivity contribution is 7.89. The van der Waals surface area contributed by atoms with Crippen LogP contribution in [0.15, 0.2) is 58.3 Å². The zero-order chi connectivity index (χ0) is 33.4. The first kappa shape index (κ1) is 34.0. The van der Waals surface area contributed by atoms with Crippen LogP contribution in [0.4, 0.5) is 29.3 Å². The van der Waals surface area contributed by atoms with Gasteiger partial charge < -0.3 is 0 Å². The second-order valence-corrected chi connectivity index (χ2v) is 12.6. The lowest BCUT2D eigenvalue weighted by atomic mass is 10.1. The number of nitro groups is 4. The van der Waals surface area contributed by atoms with Crippen LogP contribution in [0.1, 0.15) is 6.42 Å². The van der Waals surface area contributed by atoms with Crippen molar-refractivity contribution in [2.45, 2.75) is 27.7 Å². The predicted molar refractivity (Wildman–Crippen MR) is 131 cm³/mol. The Balaban J connectivity index is 2.30. The van der Waals surface area contributed by atoms with Gasteiger partial charge >= 0.3 is 5.66 Å². The van der Waals surface area contributed by atoms with Gasteiger partial charge in [0.15, 0.2) is 13.1 Å². The first-order chi connectivity index (χ1) is 20.2. The zero-order valence-electron chi connectivity index (χ0n) is 21.3. The summed E-state index contributed by atoms with van der Waals surface area (Å²) in [6.45, 7) is -5.96. The lowest BCUT2D eigenvalue weighted by Gasteiger charge is -2.44. The van der Waals surface area contributed by atoms with Crippen molar-refractivity contribution in [3.05, 3.63) is 89.0 Å². The SMILES string of the molecule is O=[N+]([O-])c1ccc(S(=O)(=O)N2CCC(N(F)F)(N(F)F)N(S(=O)(=O)c3ccc([N+](=O)[O-])cc3)CC([N+](=O)[O-])([N+](=O)[O-])C2)cc1. The quantitative estimate of drug-likeness (QED) is 0.114. The molecular weight excluding hydrogens is 660 g/mol. The number of hydrogen-bond acceptors (Lipinski definition) is 14. The number of hydrogen-bond donors (Lipinski definition) is 0. The second kappa shape index (κ2) is 11.9. The zero-order valence-corrected chi connectivity index (χ0v) is 22.9. The number of benzene rings is 2. The van der Waals surface area contributed by atoms with Crippen LogP contribution in [0.25, 0.3) is 0 Å². The number of non-ortho nitro benzene ring substituents is 2. The first-order valence-corrected chi connectivity index (χ1v) is 14.2. The Labute approximate surface area is 241 Å². The molecule has 1 heterocycles. The summed E-state index contributed by atoms with van der Waals surface area (Å²) in [5.74, 6) is -4.64. The molecule has 0 spiro atoms. The van der Waals surface area contributed by atoms with E-state index in [9.17, 15) is 75.2 Å². The summed E-state index contributed by atoms with van der Waals surface area (Å²) in [5.41, 5.74) is -5.53. The fourth-order valence-corrected chi connectivity index (χ4v) is 7.30. The number of nitrogens with zero attached hydrogens (tertiary/aromatic N) is 8. The third-order valence-electron chi connectivity index (χ3n) is 6.46. The molecule has 2 aromatic carbocycles. The average molecular weight is 676 g/mol. The van der Waals surface area contributed by atoms with E-state index in [0.717, 1.165) is 0 Å². The van der Waals surface area contributed by atoms with Crippen molar-refractivity contribution in [1.82, 2.24) is 19.3 Å². The van der Waals surface area contributed by atoms with Crippen molar-refractivity contribution in [3.63, 3.8) is 0 Å². The van der Waals surface area contributed by atoms with E-state index in [2.05, 4.69) is 0 Å². The molecule has 0 bridgehead atoms. The van der Waals surface area contributed by atoms with Crippen molar-refractivity contribution < 1.29 is 54.5 Å². The largest absolute Gasteiger partial charge is 0.485 e. The topological polar surface area (TPSA) is 254 Å². The molecule has 0 radical (unpaired) electrons. The van der Waals surface area contributed by atoms with Gasteiger partial charge in [0, 0.05) is 37.2 Å². The van der Waals surface area contributed by atoms with Gasteiger partial charge in [-0.05, 0) is 24.3 Å². The highest BCUT2D eigenvalue weighted by atomic mass is 32.2. The monoisotopic (exact) mass is 676 g/mol. The lowest BCUT2D eigenvalue weighted by Crippen LogP contribution is -2.72. The van der Waals surface area contributed by atoms with E-state index in [4.69, 9.17) is 0 Å². The summed E-state index contributed by atoms with van der Waals surface area (Å²) in [5, 5.41) is 41.2. The predicted octanol–water partition coefficient (Wildman–Crippen LogP) is 1.63. The molecule has 1 saturated heterocycles. The van der Waals surface area contributed by atoms with Gasteiger partial charge in [-0.3, -0.25) is 40.5 Å². The minimum atomic E-state index is -5.87. The van der Waals surface area contributed by atoms with Crippen LogP contribution in [0, 0.1) is 40.5 Å². The highest BCUT2D eigenvalue weighted by Crippen LogP contribution is 2.40. The molecule has 26 heteroatoms. The fraction of sp³-hybridized carbons (Fsp3) is 0.333. The molecule has 3 rings (SSSR count). The van der Waals surface area contributed by atoms with Gasteiger partial charge in [-0.1, -0.05) is 17.9 Å². The minimum absolute atomic E-state index is 0.183. The molecule has 0 atom stereocenters. The Morgan fingerprint density at radius 3 is 1.39 bits per heavy atom. The van der Waals surface area contributed by atoms with Crippen LogP contribution >= 0.6 is 0 Å². The van der Waals surface area contributed by atoms with Crippen molar-refractivity contribution in [2.75, 3.05) is 19.6 Å². The Bertz CT molecular complexity index is 1670. The maximum atomic E-state index is 14.5. The van der Waals surface area contributed by atoms with E-state index < -0.39 is 113 Å². The Morgan fingerprint density at radius 1 is 0.659 bits per heavy atom. The normalized spacial score (nSPS) is 18.0. The molecule has 0 unspecified atom stereocenters. The Hall–Kier alpha value is -4.50. The second-order valence-electron chi connectivity index (χ2n) is 8.84. The van der Waals surface area contributed by atoms with Crippen molar-refractivity contribution in [2.24, 2.45) is 0 Å². The molecule has 44 heavy (non-hydrogen) atoms. The highest BCUT2D eigenvalue weighted by Gasteiger charge is 2.69. The molecule has 1 aliphatic rings. The Kier molecular flexibility index (Phi) is 9.18. The summed E-state index contributed by atoms with van der Waals surface area (Å²) in [4.78, 5) is 38.3. The van der Waals surface area contributed by atoms with E-state index in [1.807, 2.05) is 0 Å². The molecule has 0 aromatic heterocycles. The van der Waals surface area contributed by atoms with E-state index in [1.54, 1.807) is 0 Å². The maximum Gasteiger partial charge on any atom is 0.485 e. The van der Waals surface area contributed by atoms with Gasteiger partial charge in [0.2, 0.25) is 20.0 Å². The van der Waals surface area contributed by atoms with Gasteiger partial charge in [-0.25, -0.2) is 16.8 Å². The molecule has 1 fully saturated rings. The summed E-state index contributed by atoms with van der Waals surface area (Å²) in [6, 6.07) is 4.25. The molecule has 1 aliphatic heterocycles. The molecule has 0 N–H and O–H groups in total. The summed E-state index contributed by atoms with van der Waals surface area (Å²) in [6.07, 6.45) is -1.91. The maximum absolute atomic E-state index is 14.5. The smallest absolute Gasteiger partial charge is 0.258 e. The number of nitro benzene ring substituents is 2. The summed E-state index contributed by atoms with van der Waals surface area (Å²) in [7, 11) is -11.1. The molecule has 2 aromatic rings.